The van der Waals surface area contributed by atoms with E-state index in [0.717, 1.165) is 19.3 Å². The van der Waals surface area contributed by atoms with Gasteiger partial charge in [-0.3, -0.25) is 0 Å². The lowest BCUT2D eigenvalue weighted by Crippen LogP contribution is -2.26. The quantitative estimate of drug-likeness (QED) is 0.488. The minimum Gasteiger partial charge on any atom is -0.369 e. The van der Waals surface area contributed by atoms with Crippen LogP contribution in [-0.4, -0.2) is 32.1 Å². The van der Waals surface area contributed by atoms with Crippen LogP contribution in [0.5, 0.6) is 0 Å². The van der Waals surface area contributed by atoms with Gasteiger partial charge in [0.15, 0.2) is 0 Å². The van der Waals surface area contributed by atoms with Gasteiger partial charge in [-0.1, -0.05) is 0 Å². The summed E-state index contributed by atoms with van der Waals surface area (Å²) in [7, 11) is 0. The molecule has 3 nitrogen and oxygen atoms in total. The summed E-state index contributed by atoms with van der Waals surface area (Å²) in [5.74, 6) is 0. The molecule has 3 heteroatoms. The lowest BCUT2D eigenvalue weighted by Gasteiger charge is -2.04. The number of nitrogens with one attached hydrogen (secondary N) is 1. The Balaban J connectivity index is 2.26. The molecule has 1 aliphatic heterocycles. The molecule has 1 aliphatic rings. The summed E-state index contributed by atoms with van der Waals surface area (Å²) >= 11 is 0. The number of carbonyl (C=O) groups excluding carboxylic acids is 1. The van der Waals surface area contributed by atoms with Crippen LogP contribution in [0.15, 0.2) is 0 Å². The number of ether oxygens (including phenoxy) is 1. The topological polar surface area (TPSA) is 38.3 Å². The van der Waals surface area contributed by atoms with Crippen LogP contribution in [0.2, 0.25) is 0 Å². The molecule has 0 aromatic carbocycles. The van der Waals surface area contributed by atoms with E-state index >= 15 is 0 Å². The van der Waals surface area contributed by atoms with Gasteiger partial charge < -0.3 is 14.8 Å². The lowest BCUT2D eigenvalue weighted by molar-refractivity contribution is -0.117. The number of hydrogen-bond acceptors (Lipinski definition) is 3. The summed E-state index contributed by atoms with van der Waals surface area (Å²) < 4.78 is 5.12. The minimum absolute atomic E-state index is 0.215. The van der Waals surface area contributed by atoms with Crippen LogP contribution in [0.4, 0.5) is 0 Å². The molecule has 1 heterocycles. The standard InChI is InChI=1S/C6H11NO2/c8-5-6-4-7-2-1-3-9-6/h5-7H,1-4H2. The zero-order chi connectivity index (χ0) is 6.53. The summed E-state index contributed by atoms with van der Waals surface area (Å²) in [5.41, 5.74) is 0. The van der Waals surface area contributed by atoms with Crippen molar-refractivity contribution in [2.45, 2.75) is 12.5 Å². The molecule has 0 saturated carbocycles. The van der Waals surface area contributed by atoms with Crippen LogP contribution >= 0.6 is 0 Å². The van der Waals surface area contributed by atoms with Crippen molar-refractivity contribution in [2.24, 2.45) is 0 Å². The Bertz CT molecular complexity index is 87.1. The maximum absolute atomic E-state index is 10.1. The first-order chi connectivity index (χ1) is 4.43. The summed E-state index contributed by atoms with van der Waals surface area (Å²) in [6.45, 7) is 2.34. The molecule has 0 bridgehead atoms. The molecule has 1 atom stereocenters. The molecule has 1 rings (SSSR count). The molecular weight excluding hydrogens is 118 g/mol. The Morgan fingerprint density at radius 2 is 2.56 bits per heavy atom. The normalized spacial score (nSPS) is 29.1. The van der Waals surface area contributed by atoms with Crippen LogP contribution in [0.25, 0.3) is 0 Å². The Hall–Kier alpha value is -0.410. The van der Waals surface area contributed by atoms with Crippen LogP contribution in [0.3, 0.4) is 0 Å². The van der Waals surface area contributed by atoms with Gasteiger partial charge in [0.2, 0.25) is 0 Å². The molecule has 1 fully saturated rings. The van der Waals surface area contributed by atoms with Crippen molar-refractivity contribution in [3.8, 4) is 0 Å². The fourth-order valence-electron chi connectivity index (χ4n) is 0.823. The number of rotatable bonds is 1. The van der Waals surface area contributed by atoms with Crippen molar-refractivity contribution in [1.82, 2.24) is 5.32 Å². The van der Waals surface area contributed by atoms with Gasteiger partial charge in [-0.15, -0.1) is 0 Å². The van der Waals surface area contributed by atoms with Crippen LogP contribution in [-0.2, 0) is 9.53 Å². The second kappa shape index (κ2) is 3.58. The highest BCUT2D eigenvalue weighted by molar-refractivity contribution is 5.56. The van der Waals surface area contributed by atoms with Gasteiger partial charge in [0, 0.05) is 13.2 Å². The van der Waals surface area contributed by atoms with Crippen LogP contribution in [0, 0.1) is 0 Å². The van der Waals surface area contributed by atoms with Crippen molar-refractivity contribution in [1.29, 1.82) is 0 Å². The predicted octanol–water partition coefficient (Wildman–Crippen LogP) is -0.436. The summed E-state index contributed by atoms with van der Waals surface area (Å²) in [6.07, 6.45) is 1.63. The average Bonchev–Trinajstić information content (AvgIpc) is 2.13. The molecule has 9 heavy (non-hydrogen) atoms. The molecule has 0 radical (unpaired) electrons. The predicted molar refractivity (Wildman–Crippen MR) is 33.3 cm³/mol. The fourth-order valence-corrected chi connectivity index (χ4v) is 0.823. The third-order valence-electron chi connectivity index (χ3n) is 1.33. The van der Waals surface area contributed by atoms with Crippen molar-refractivity contribution in [2.75, 3.05) is 19.7 Å². The smallest absolute Gasteiger partial charge is 0.150 e. The van der Waals surface area contributed by atoms with Gasteiger partial charge in [0.1, 0.15) is 12.4 Å². The first-order valence-electron chi connectivity index (χ1n) is 3.21. The zero-order valence-corrected chi connectivity index (χ0v) is 5.30. The first-order valence-corrected chi connectivity index (χ1v) is 3.21. The molecule has 0 amide bonds. The second-order valence-corrected chi connectivity index (χ2v) is 2.10. The monoisotopic (exact) mass is 129 g/mol. The van der Waals surface area contributed by atoms with Crippen LogP contribution < -0.4 is 5.32 Å². The molecule has 0 aromatic heterocycles. The van der Waals surface area contributed by atoms with E-state index in [0.29, 0.717) is 13.2 Å². The van der Waals surface area contributed by atoms with Gasteiger partial charge in [0.05, 0.1) is 0 Å². The molecule has 0 spiro atoms. The number of carbonyl (C=O) groups is 1. The minimum atomic E-state index is -0.215. The Labute approximate surface area is 54.4 Å². The van der Waals surface area contributed by atoms with E-state index in [1.807, 2.05) is 0 Å². The second-order valence-electron chi connectivity index (χ2n) is 2.10. The van der Waals surface area contributed by atoms with Gasteiger partial charge in [-0.25, -0.2) is 0 Å². The van der Waals surface area contributed by atoms with Crippen molar-refractivity contribution < 1.29 is 9.53 Å². The third kappa shape index (κ3) is 2.11. The Morgan fingerprint density at radius 3 is 3.33 bits per heavy atom. The highest BCUT2D eigenvalue weighted by Crippen LogP contribution is 1.92. The van der Waals surface area contributed by atoms with Crippen molar-refractivity contribution in [3.05, 3.63) is 0 Å². The fraction of sp³-hybridized carbons (Fsp3) is 0.833. The van der Waals surface area contributed by atoms with Gasteiger partial charge in [-0.2, -0.15) is 0 Å². The molecule has 52 valence electrons. The van der Waals surface area contributed by atoms with Gasteiger partial charge in [0.25, 0.3) is 0 Å². The zero-order valence-electron chi connectivity index (χ0n) is 5.30. The number of hydrogen-bond donors (Lipinski definition) is 1. The van der Waals surface area contributed by atoms with Gasteiger partial charge in [-0.05, 0) is 13.0 Å². The van der Waals surface area contributed by atoms with E-state index in [-0.39, 0.29) is 6.10 Å². The van der Waals surface area contributed by atoms with E-state index < -0.39 is 0 Å². The average molecular weight is 129 g/mol. The molecule has 1 N–H and O–H groups in total. The van der Waals surface area contributed by atoms with E-state index in [4.69, 9.17) is 4.74 Å². The molecule has 1 unspecified atom stereocenters. The maximum atomic E-state index is 10.1. The van der Waals surface area contributed by atoms with Gasteiger partial charge >= 0.3 is 0 Å². The maximum Gasteiger partial charge on any atom is 0.150 e. The SMILES string of the molecule is O=CC1CNCCCO1. The molecule has 1 saturated heterocycles. The van der Waals surface area contributed by atoms with Crippen molar-refractivity contribution >= 4 is 6.29 Å². The molecule has 0 aromatic rings. The Morgan fingerprint density at radius 1 is 1.67 bits per heavy atom. The third-order valence-corrected chi connectivity index (χ3v) is 1.33. The summed E-state index contributed by atoms with van der Waals surface area (Å²) in [6, 6.07) is 0. The van der Waals surface area contributed by atoms with Crippen molar-refractivity contribution in [3.63, 3.8) is 0 Å². The van der Waals surface area contributed by atoms with Crippen LogP contribution in [0.1, 0.15) is 6.42 Å². The summed E-state index contributed by atoms with van der Waals surface area (Å²) in [5, 5.41) is 3.09. The largest absolute Gasteiger partial charge is 0.369 e. The molecular formula is C6H11NO2. The first kappa shape index (κ1) is 6.71. The Kier molecular flexibility index (Phi) is 2.67. The highest BCUT2D eigenvalue weighted by atomic mass is 16.5. The highest BCUT2D eigenvalue weighted by Gasteiger charge is 2.08. The number of aldehydes is 1. The lowest BCUT2D eigenvalue weighted by atomic mass is 10.4. The summed E-state index contributed by atoms with van der Waals surface area (Å²) in [4.78, 5) is 10.1. The van der Waals surface area contributed by atoms with E-state index in [1.54, 1.807) is 0 Å². The van der Waals surface area contributed by atoms with E-state index in [2.05, 4.69) is 5.32 Å². The van der Waals surface area contributed by atoms with E-state index in [1.165, 1.54) is 0 Å². The van der Waals surface area contributed by atoms with E-state index in [9.17, 15) is 4.79 Å². The molecule has 0 aliphatic carbocycles.